The number of anilines is 1. The van der Waals surface area contributed by atoms with E-state index in [1.807, 2.05) is 23.1 Å². The van der Waals surface area contributed by atoms with Crippen LogP contribution in [0.5, 0.6) is 11.5 Å². The molecule has 3 rings (SSSR count). The monoisotopic (exact) mass is 331 g/mol. The molecule has 2 aromatic rings. The molecule has 128 valence electrons. The molecule has 0 atom stereocenters. The zero-order valence-electron chi connectivity index (χ0n) is 14.0. The second-order valence-electron chi connectivity index (χ2n) is 5.76. The van der Waals surface area contributed by atoms with Gasteiger partial charge >= 0.3 is 0 Å². The van der Waals surface area contributed by atoms with Crippen LogP contribution in [0.4, 0.5) is 10.2 Å². The number of benzene rings is 1. The Morgan fingerprint density at radius 2 is 1.79 bits per heavy atom. The Kier molecular flexibility index (Phi) is 5.15. The summed E-state index contributed by atoms with van der Waals surface area (Å²) in [5.74, 6) is 1.66. The number of methoxy groups -OCH3 is 2. The lowest BCUT2D eigenvalue weighted by molar-refractivity contribution is 0.248. The molecule has 0 aliphatic carbocycles. The fraction of sp³-hybridized carbons (Fsp3) is 0.389. The minimum Gasteiger partial charge on any atom is -0.493 e. The van der Waals surface area contributed by atoms with Gasteiger partial charge < -0.3 is 14.4 Å². The number of hydrogen-bond donors (Lipinski definition) is 0. The second kappa shape index (κ2) is 7.49. The summed E-state index contributed by atoms with van der Waals surface area (Å²) in [4.78, 5) is 8.50. The van der Waals surface area contributed by atoms with E-state index in [9.17, 15) is 4.39 Å². The maximum Gasteiger partial charge on any atom is 0.165 e. The topological polar surface area (TPSA) is 37.8 Å². The predicted molar refractivity (Wildman–Crippen MR) is 91.2 cm³/mol. The molecule has 5 nitrogen and oxygen atoms in total. The summed E-state index contributed by atoms with van der Waals surface area (Å²) in [7, 11) is 3.27. The highest BCUT2D eigenvalue weighted by Crippen LogP contribution is 2.28. The van der Waals surface area contributed by atoms with Crippen LogP contribution >= 0.6 is 0 Å². The minimum absolute atomic E-state index is 0.258. The van der Waals surface area contributed by atoms with E-state index in [2.05, 4.69) is 9.88 Å². The first-order chi connectivity index (χ1) is 11.7. The third kappa shape index (κ3) is 3.59. The summed E-state index contributed by atoms with van der Waals surface area (Å²) in [6, 6.07) is 9.05. The summed E-state index contributed by atoms with van der Waals surface area (Å²) in [6.07, 6.45) is 1.63. The van der Waals surface area contributed by atoms with Gasteiger partial charge in [0.05, 0.1) is 14.2 Å². The molecule has 0 spiro atoms. The normalized spacial score (nSPS) is 15.4. The number of rotatable bonds is 5. The lowest BCUT2D eigenvalue weighted by atomic mass is 10.1. The Morgan fingerprint density at radius 1 is 1.04 bits per heavy atom. The van der Waals surface area contributed by atoms with Gasteiger partial charge in [-0.1, -0.05) is 6.07 Å². The zero-order chi connectivity index (χ0) is 16.9. The predicted octanol–water partition coefficient (Wildman–Crippen LogP) is 2.56. The molecule has 0 unspecified atom stereocenters. The summed E-state index contributed by atoms with van der Waals surface area (Å²) < 4.78 is 24.4. The van der Waals surface area contributed by atoms with E-state index in [0.717, 1.165) is 44.2 Å². The van der Waals surface area contributed by atoms with E-state index >= 15 is 0 Å². The first-order valence-corrected chi connectivity index (χ1v) is 8.00. The molecule has 1 saturated heterocycles. The zero-order valence-corrected chi connectivity index (χ0v) is 14.0. The molecule has 0 bridgehead atoms. The maximum atomic E-state index is 13.8. The molecule has 1 aromatic carbocycles. The van der Waals surface area contributed by atoms with Crippen LogP contribution in [0.15, 0.2) is 36.5 Å². The van der Waals surface area contributed by atoms with E-state index in [4.69, 9.17) is 9.47 Å². The van der Waals surface area contributed by atoms with E-state index in [0.29, 0.717) is 5.82 Å². The van der Waals surface area contributed by atoms with Crippen LogP contribution in [0.3, 0.4) is 0 Å². The fourth-order valence-corrected chi connectivity index (χ4v) is 2.97. The minimum atomic E-state index is -0.258. The molecule has 2 heterocycles. The highest BCUT2D eigenvalue weighted by molar-refractivity contribution is 5.43. The van der Waals surface area contributed by atoms with Crippen LogP contribution in [0, 0.1) is 5.82 Å². The van der Waals surface area contributed by atoms with Gasteiger partial charge in [0.1, 0.15) is 0 Å². The largest absolute Gasteiger partial charge is 0.493 e. The molecular formula is C18H22FN3O2. The van der Waals surface area contributed by atoms with Crippen molar-refractivity contribution in [1.29, 1.82) is 0 Å². The smallest absolute Gasteiger partial charge is 0.165 e. The first-order valence-electron chi connectivity index (χ1n) is 8.00. The molecule has 1 aliphatic rings. The van der Waals surface area contributed by atoms with Gasteiger partial charge in [0.15, 0.2) is 23.1 Å². The number of ether oxygens (including phenoxy) is 2. The highest BCUT2D eigenvalue weighted by Gasteiger charge is 2.20. The van der Waals surface area contributed by atoms with Crippen molar-refractivity contribution in [2.24, 2.45) is 0 Å². The molecule has 1 aromatic heterocycles. The third-order valence-corrected chi connectivity index (χ3v) is 4.27. The van der Waals surface area contributed by atoms with Crippen molar-refractivity contribution >= 4 is 5.82 Å². The van der Waals surface area contributed by atoms with Gasteiger partial charge in [-0.15, -0.1) is 0 Å². The Morgan fingerprint density at radius 3 is 2.46 bits per heavy atom. The van der Waals surface area contributed by atoms with Crippen molar-refractivity contribution in [1.82, 2.24) is 9.88 Å². The van der Waals surface area contributed by atoms with Crippen LogP contribution in [0.1, 0.15) is 5.56 Å². The van der Waals surface area contributed by atoms with Gasteiger partial charge in [0, 0.05) is 38.9 Å². The SMILES string of the molecule is COc1ccc(CN2CCN(c3ncccc3F)CC2)cc1OC. The fourth-order valence-electron chi connectivity index (χ4n) is 2.97. The van der Waals surface area contributed by atoms with E-state index in [1.54, 1.807) is 26.5 Å². The number of aromatic nitrogens is 1. The first kappa shape index (κ1) is 16.5. The molecule has 1 fully saturated rings. The molecule has 0 saturated carbocycles. The average molecular weight is 331 g/mol. The molecule has 0 amide bonds. The molecule has 0 radical (unpaired) electrons. The molecule has 0 N–H and O–H groups in total. The standard InChI is InChI=1S/C18H22FN3O2/c1-23-16-6-5-14(12-17(16)24-2)13-21-8-10-22(11-9-21)18-15(19)4-3-7-20-18/h3-7,12H,8-11,13H2,1-2H3. The lowest BCUT2D eigenvalue weighted by Crippen LogP contribution is -2.46. The summed E-state index contributed by atoms with van der Waals surface area (Å²) in [6.45, 7) is 4.09. The second-order valence-corrected chi connectivity index (χ2v) is 5.76. The van der Waals surface area contributed by atoms with Crippen LogP contribution < -0.4 is 14.4 Å². The van der Waals surface area contributed by atoms with Crippen molar-refractivity contribution in [2.75, 3.05) is 45.3 Å². The molecule has 6 heteroatoms. The highest BCUT2D eigenvalue weighted by atomic mass is 19.1. The maximum absolute atomic E-state index is 13.8. The number of nitrogens with zero attached hydrogens (tertiary/aromatic N) is 3. The Hall–Kier alpha value is -2.34. The van der Waals surface area contributed by atoms with Gasteiger partial charge in [0.25, 0.3) is 0 Å². The van der Waals surface area contributed by atoms with Gasteiger partial charge in [0.2, 0.25) is 0 Å². The lowest BCUT2D eigenvalue weighted by Gasteiger charge is -2.35. The Bertz CT molecular complexity index is 688. The van der Waals surface area contributed by atoms with E-state index in [-0.39, 0.29) is 5.82 Å². The van der Waals surface area contributed by atoms with Gasteiger partial charge in [-0.25, -0.2) is 9.37 Å². The van der Waals surface area contributed by atoms with Crippen molar-refractivity contribution in [3.05, 3.63) is 47.9 Å². The van der Waals surface area contributed by atoms with Crippen LogP contribution in [-0.2, 0) is 6.54 Å². The average Bonchev–Trinajstić information content (AvgIpc) is 2.63. The van der Waals surface area contributed by atoms with Crippen molar-refractivity contribution in [3.8, 4) is 11.5 Å². The van der Waals surface area contributed by atoms with Crippen LogP contribution in [-0.4, -0.2) is 50.3 Å². The van der Waals surface area contributed by atoms with Crippen LogP contribution in [0.25, 0.3) is 0 Å². The number of piperazine rings is 1. The van der Waals surface area contributed by atoms with Crippen molar-refractivity contribution in [3.63, 3.8) is 0 Å². The van der Waals surface area contributed by atoms with Gasteiger partial charge in [-0.3, -0.25) is 4.90 Å². The Labute approximate surface area is 141 Å². The summed E-state index contributed by atoms with van der Waals surface area (Å²) >= 11 is 0. The summed E-state index contributed by atoms with van der Waals surface area (Å²) in [5, 5.41) is 0. The molecule has 1 aliphatic heterocycles. The number of hydrogen-bond acceptors (Lipinski definition) is 5. The van der Waals surface area contributed by atoms with Gasteiger partial charge in [-0.05, 0) is 29.8 Å². The van der Waals surface area contributed by atoms with Crippen molar-refractivity contribution in [2.45, 2.75) is 6.54 Å². The van der Waals surface area contributed by atoms with E-state index < -0.39 is 0 Å². The Balaban J connectivity index is 1.60. The number of pyridine rings is 1. The van der Waals surface area contributed by atoms with Gasteiger partial charge in [-0.2, -0.15) is 0 Å². The molecular weight excluding hydrogens is 309 g/mol. The quantitative estimate of drug-likeness (QED) is 0.842. The number of halogens is 1. The molecule has 24 heavy (non-hydrogen) atoms. The van der Waals surface area contributed by atoms with Crippen LogP contribution in [0.2, 0.25) is 0 Å². The van der Waals surface area contributed by atoms with Crippen molar-refractivity contribution < 1.29 is 13.9 Å². The summed E-state index contributed by atoms with van der Waals surface area (Å²) in [5.41, 5.74) is 1.17. The van der Waals surface area contributed by atoms with E-state index in [1.165, 1.54) is 11.6 Å². The third-order valence-electron chi connectivity index (χ3n) is 4.27.